The minimum atomic E-state index is -0.454. The molecule has 0 fully saturated rings. The van der Waals surface area contributed by atoms with E-state index in [1.165, 1.54) is 12.5 Å². The summed E-state index contributed by atoms with van der Waals surface area (Å²) >= 11 is 0. The third-order valence-electron chi connectivity index (χ3n) is 4.95. The van der Waals surface area contributed by atoms with Gasteiger partial charge in [0.25, 0.3) is 5.91 Å². The van der Waals surface area contributed by atoms with Crippen molar-refractivity contribution in [2.75, 3.05) is 0 Å². The molecule has 168 valence electrons. The number of tetrazole rings is 1. The fourth-order valence-electron chi connectivity index (χ4n) is 3.31. The summed E-state index contributed by atoms with van der Waals surface area (Å²) in [6.45, 7) is 0.219. The van der Waals surface area contributed by atoms with E-state index in [1.54, 1.807) is 60.7 Å². The van der Waals surface area contributed by atoms with Crippen LogP contribution in [0.3, 0.4) is 0 Å². The lowest BCUT2D eigenvalue weighted by atomic mass is 10.1. The first-order chi connectivity index (χ1) is 16.7. The number of rotatable bonds is 7. The van der Waals surface area contributed by atoms with Gasteiger partial charge in [-0.05, 0) is 35.0 Å². The maximum atomic E-state index is 13.8. The number of hydrogen-bond donors (Lipinski definition) is 2. The molecule has 5 rings (SSSR count). The molecule has 0 atom stereocenters. The highest BCUT2D eigenvalue weighted by Gasteiger charge is 2.18. The van der Waals surface area contributed by atoms with Crippen LogP contribution in [-0.2, 0) is 6.54 Å². The van der Waals surface area contributed by atoms with Crippen molar-refractivity contribution in [2.45, 2.75) is 6.54 Å². The van der Waals surface area contributed by atoms with E-state index >= 15 is 0 Å². The number of halogens is 1. The topological polar surface area (TPSA) is 119 Å². The molecule has 0 radical (unpaired) electrons. The zero-order chi connectivity index (χ0) is 23.3. The third-order valence-corrected chi connectivity index (χ3v) is 4.95. The van der Waals surface area contributed by atoms with Crippen molar-refractivity contribution in [1.29, 1.82) is 0 Å². The summed E-state index contributed by atoms with van der Waals surface area (Å²) in [5, 5.41) is 16.6. The van der Waals surface area contributed by atoms with Gasteiger partial charge in [0.2, 0.25) is 5.82 Å². The second-order valence-corrected chi connectivity index (χ2v) is 7.21. The monoisotopic (exact) mass is 456 g/mol. The number of amides is 1. The molecule has 0 aliphatic carbocycles. The molecule has 0 bridgehead atoms. The van der Waals surface area contributed by atoms with Gasteiger partial charge in [-0.25, -0.2) is 9.37 Å². The van der Waals surface area contributed by atoms with E-state index in [0.29, 0.717) is 22.9 Å². The van der Waals surface area contributed by atoms with Crippen LogP contribution in [0.5, 0.6) is 11.5 Å². The number of carbonyl (C=O) groups excluding carboxylic acids is 1. The van der Waals surface area contributed by atoms with Crippen LogP contribution in [-0.4, -0.2) is 31.5 Å². The number of H-pyrrole nitrogens is 1. The van der Waals surface area contributed by atoms with Crippen LogP contribution >= 0.6 is 0 Å². The lowest BCUT2D eigenvalue weighted by Crippen LogP contribution is -2.23. The van der Waals surface area contributed by atoms with E-state index in [9.17, 15) is 9.18 Å². The lowest BCUT2D eigenvalue weighted by Gasteiger charge is -2.09. The van der Waals surface area contributed by atoms with Gasteiger partial charge < -0.3 is 14.5 Å². The molecule has 10 heteroatoms. The molecule has 9 nitrogen and oxygen atoms in total. The molecule has 0 saturated heterocycles. The van der Waals surface area contributed by atoms with Gasteiger partial charge in [-0.15, -0.1) is 10.2 Å². The van der Waals surface area contributed by atoms with E-state index in [4.69, 9.17) is 9.15 Å². The lowest BCUT2D eigenvalue weighted by molar-refractivity contribution is 0.0946. The normalized spacial score (nSPS) is 10.7. The van der Waals surface area contributed by atoms with E-state index in [0.717, 1.165) is 11.1 Å². The Morgan fingerprint density at radius 2 is 1.85 bits per heavy atom. The van der Waals surface area contributed by atoms with Crippen molar-refractivity contribution in [1.82, 2.24) is 30.9 Å². The number of hydrogen-bond acceptors (Lipinski definition) is 7. The Morgan fingerprint density at radius 1 is 1.03 bits per heavy atom. The quantitative estimate of drug-likeness (QED) is 0.373. The van der Waals surface area contributed by atoms with Crippen molar-refractivity contribution in [3.05, 3.63) is 96.3 Å². The Labute approximate surface area is 192 Å². The zero-order valence-electron chi connectivity index (χ0n) is 17.6. The Hall–Kier alpha value is -4.86. The average Bonchev–Trinajstić information content (AvgIpc) is 3.57. The first kappa shape index (κ1) is 21.0. The second-order valence-electron chi connectivity index (χ2n) is 7.21. The number of nitrogens with zero attached hydrogens (tertiary/aromatic N) is 4. The third kappa shape index (κ3) is 4.51. The molecule has 0 aliphatic rings. The molecular formula is C24H17FN6O3. The Morgan fingerprint density at radius 3 is 2.65 bits per heavy atom. The fraction of sp³-hybridized carbons (Fsp3) is 0.0417. The summed E-state index contributed by atoms with van der Waals surface area (Å²) in [7, 11) is 0. The van der Waals surface area contributed by atoms with Crippen molar-refractivity contribution < 1.29 is 18.3 Å². The van der Waals surface area contributed by atoms with E-state index in [2.05, 4.69) is 30.9 Å². The van der Waals surface area contributed by atoms with Crippen LogP contribution in [0.1, 0.15) is 16.1 Å². The van der Waals surface area contributed by atoms with Crippen molar-refractivity contribution in [3.63, 3.8) is 0 Å². The zero-order valence-corrected chi connectivity index (χ0v) is 17.6. The number of nitrogens with one attached hydrogen (secondary N) is 2. The average molecular weight is 456 g/mol. The number of oxazole rings is 1. The second kappa shape index (κ2) is 9.33. The summed E-state index contributed by atoms with van der Waals surface area (Å²) in [6, 6.07) is 20.4. The predicted molar refractivity (Wildman–Crippen MR) is 119 cm³/mol. The minimum Gasteiger partial charge on any atom is -0.454 e. The number of para-hydroxylation sites is 1. The van der Waals surface area contributed by atoms with Gasteiger partial charge in [0.05, 0.1) is 0 Å². The Kier molecular flexibility index (Phi) is 5.76. The summed E-state index contributed by atoms with van der Waals surface area (Å²) in [6.07, 6.45) is 1.22. The molecule has 0 aliphatic heterocycles. The molecule has 0 spiro atoms. The minimum absolute atomic E-state index is 0.126. The van der Waals surface area contributed by atoms with Gasteiger partial charge in [0.15, 0.2) is 29.4 Å². The van der Waals surface area contributed by atoms with E-state index in [-0.39, 0.29) is 18.0 Å². The van der Waals surface area contributed by atoms with Crippen LogP contribution in [0, 0.1) is 5.82 Å². The number of aromatic amines is 1. The molecule has 5 aromatic rings. The highest BCUT2D eigenvalue weighted by Crippen LogP contribution is 2.27. The largest absolute Gasteiger partial charge is 0.454 e. The smallest absolute Gasteiger partial charge is 0.274 e. The van der Waals surface area contributed by atoms with Gasteiger partial charge in [-0.2, -0.15) is 5.21 Å². The number of ether oxygens (including phenoxy) is 1. The van der Waals surface area contributed by atoms with Crippen LogP contribution in [0.15, 0.2) is 83.6 Å². The summed E-state index contributed by atoms with van der Waals surface area (Å²) in [4.78, 5) is 16.9. The molecule has 34 heavy (non-hydrogen) atoms. The highest BCUT2D eigenvalue weighted by molar-refractivity contribution is 5.97. The maximum Gasteiger partial charge on any atom is 0.274 e. The van der Waals surface area contributed by atoms with Crippen LogP contribution in [0.25, 0.3) is 22.7 Å². The van der Waals surface area contributed by atoms with E-state index < -0.39 is 11.7 Å². The van der Waals surface area contributed by atoms with E-state index in [1.807, 2.05) is 6.07 Å². The predicted octanol–water partition coefficient (Wildman–Crippen LogP) is 4.38. The van der Waals surface area contributed by atoms with Crippen LogP contribution in [0.4, 0.5) is 4.39 Å². The first-order valence-electron chi connectivity index (χ1n) is 10.2. The highest BCUT2D eigenvalue weighted by atomic mass is 19.1. The number of aromatic nitrogens is 5. The van der Waals surface area contributed by atoms with Crippen molar-refractivity contribution >= 4 is 5.91 Å². The van der Waals surface area contributed by atoms with Gasteiger partial charge >= 0.3 is 0 Å². The molecular weight excluding hydrogens is 439 g/mol. The summed E-state index contributed by atoms with van der Waals surface area (Å²) in [5.41, 5.74) is 2.37. The van der Waals surface area contributed by atoms with Crippen LogP contribution < -0.4 is 10.1 Å². The first-order valence-corrected chi connectivity index (χ1v) is 10.2. The molecule has 3 aromatic carbocycles. The number of carbonyl (C=O) groups is 1. The summed E-state index contributed by atoms with van der Waals surface area (Å²) in [5.74, 6) is 0.538. The van der Waals surface area contributed by atoms with Gasteiger partial charge in [-0.3, -0.25) is 4.79 Å². The SMILES string of the molecule is O=C(NCc1cccc(Oc2ccccc2F)c1)c1ncoc1-c1ccc(-c2nn[nH]n2)cc1. The summed E-state index contributed by atoms with van der Waals surface area (Å²) < 4.78 is 24.9. The Balaban J connectivity index is 1.27. The maximum absolute atomic E-state index is 13.8. The molecule has 0 unspecified atom stereocenters. The molecule has 2 N–H and O–H groups in total. The molecule has 2 aromatic heterocycles. The van der Waals surface area contributed by atoms with Gasteiger partial charge in [0.1, 0.15) is 5.75 Å². The van der Waals surface area contributed by atoms with Crippen molar-refractivity contribution in [2.24, 2.45) is 0 Å². The van der Waals surface area contributed by atoms with Crippen molar-refractivity contribution in [3.8, 4) is 34.2 Å². The molecule has 2 heterocycles. The van der Waals surface area contributed by atoms with Gasteiger partial charge in [0, 0.05) is 17.7 Å². The molecule has 1 amide bonds. The standard InChI is InChI=1S/C24H17FN6O3/c25-19-6-1-2-7-20(19)34-18-5-3-4-15(12-18)13-26-24(32)21-22(33-14-27-21)16-8-10-17(11-9-16)23-28-30-31-29-23/h1-12,14H,13H2,(H,26,32)(H,28,29,30,31). The van der Waals surface area contributed by atoms with Gasteiger partial charge in [-0.1, -0.05) is 48.5 Å². The number of benzene rings is 3. The fourth-order valence-corrected chi connectivity index (χ4v) is 3.31. The Bertz CT molecular complexity index is 1420. The molecule has 0 saturated carbocycles. The van der Waals surface area contributed by atoms with Crippen LogP contribution in [0.2, 0.25) is 0 Å².